The largest absolute Gasteiger partial charge is 0.497 e. The Balaban J connectivity index is 1.59. The number of methoxy groups -OCH3 is 1. The normalized spacial score (nSPS) is 21.6. The van der Waals surface area contributed by atoms with Gasteiger partial charge >= 0.3 is 6.03 Å². The van der Waals surface area contributed by atoms with Crippen molar-refractivity contribution in [2.75, 3.05) is 26.7 Å². The number of aromatic amines is 1. The van der Waals surface area contributed by atoms with Gasteiger partial charge in [-0.3, -0.25) is 14.6 Å². The van der Waals surface area contributed by atoms with Gasteiger partial charge in [0.15, 0.2) is 0 Å². The van der Waals surface area contributed by atoms with Crippen LogP contribution in [0.25, 0.3) is 10.9 Å². The Morgan fingerprint density at radius 2 is 2.00 bits per heavy atom. The monoisotopic (exact) mass is 458 g/mol. The molecule has 5 rings (SSSR count). The first-order valence-electron chi connectivity index (χ1n) is 11.7. The zero-order valence-electron chi connectivity index (χ0n) is 19.6. The third-order valence-electron chi connectivity index (χ3n) is 7.03. The summed E-state index contributed by atoms with van der Waals surface area (Å²) < 4.78 is 5.47. The molecule has 3 heterocycles. The van der Waals surface area contributed by atoms with E-state index in [1.165, 1.54) is 4.90 Å². The van der Waals surface area contributed by atoms with Gasteiger partial charge in [0.05, 0.1) is 7.11 Å². The molecule has 3 amide bonds. The second kappa shape index (κ2) is 8.65. The molecule has 2 aromatic carbocycles. The standard InChI is InChI=1S/C27H30N4O3/c1-4-5-13-28-14-15-30-25(32)27(2)17-21-20-16-19(34-3)11-12-22(20)29-23(21)24(31(27)26(30)33)18-9-7-6-8-10-18/h4,6-12,16,24,28-29H,1,5,13-15,17H2,2-3H3/t24-,27+/m1/s1. The van der Waals surface area contributed by atoms with Gasteiger partial charge in [-0.15, -0.1) is 6.58 Å². The van der Waals surface area contributed by atoms with E-state index < -0.39 is 5.54 Å². The summed E-state index contributed by atoms with van der Waals surface area (Å²) >= 11 is 0. The van der Waals surface area contributed by atoms with Crippen LogP contribution in [0.1, 0.15) is 36.2 Å². The van der Waals surface area contributed by atoms with Crippen LogP contribution in [0.2, 0.25) is 0 Å². The summed E-state index contributed by atoms with van der Waals surface area (Å²) in [4.78, 5) is 34.2. The van der Waals surface area contributed by atoms with E-state index in [4.69, 9.17) is 4.74 Å². The van der Waals surface area contributed by atoms with Gasteiger partial charge in [0.25, 0.3) is 5.91 Å². The first-order chi connectivity index (χ1) is 16.5. The van der Waals surface area contributed by atoms with E-state index in [1.807, 2.05) is 61.5 Å². The number of aromatic nitrogens is 1. The van der Waals surface area contributed by atoms with Crippen molar-refractivity contribution in [3.05, 3.63) is 78.0 Å². The molecular weight excluding hydrogens is 428 g/mol. The van der Waals surface area contributed by atoms with Gasteiger partial charge in [0, 0.05) is 36.1 Å². The molecule has 2 aliphatic heterocycles. The second-order valence-corrected chi connectivity index (χ2v) is 9.13. The molecule has 1 saturated heterocycles. The highest BCUT2D eigenvalue weighted by Gasteiger charge is 2.59. The predicted molar refractivity (Wildman–Crippen MR) is 132 cm³/mol. The van der Waals surface area contributed by atoms with Crippen LogP contribution in [0.4, 0.5) is 4.79 Å². The van der Waals surface area contributed by atoms with Crippen molar-refractivity contribution in [1.82, 2.24) is 20.1 Å². The van der Waals surface area contributed by atoms with Crippen LogP contribution in [0.5, 0.6) is 5.75 Å². The quantitative estimate of drug-likeness (QED) is 0.304. The SMILES string of the molecule is C=CCCNCCN1C(=O)N2[C@H](c3ccccc3)c3[nH]c4ccc(OC)cc4c3C[C@@]2(C)C1=O. The molecule has 2 aliphatic rings. The van der Waals surface area contributed by atoms with E-state index in [0.29, 0.717) is 19.5 Å². The Bertz CT molecular complexity index is 1250. The van der Waals surface area contributed by atoms with Crippen molar-refractivity contribution in [3.8, 4) is 5.75 Å². The van der Waals surface area contributed by atoms with Gasteiger partial charge in [-0.25, -0.2) is 4.79 Å². The number of ether oxygens (including phenoxy) is 1. The molecule has 0 aliphatic carbocycles. The molecule has 1 fully saturated rings. The zero-order valence-corrected chi connectivity index (χ0v) is 19.6. The van der Waals surface area contributed by atoms with E-state index in [0.717, 1.165) is 46.4 Å². The number of benzene rings is 2. The number of fused-ring (bicyclic) bond motifs is 4. The number of hydrogen-bond acceptors (Lipinski definition) is 4. The van der Waals surface area contributed by atoms with Crippen LogP contribution in [0.3, 0.4) is 0 Å². The molecule has 34 heavy (non-hydrogen) atoms. The number of hydrogen-bond donors (Lipinski definition) is 2. The van der Waals surface area contributed by atoms with E-state index in [-0.39, 0.29) is 18.0 Å². The number of urea groups is 1. The van der Waals surface area contributed by atoms with Crippen LogP contribution < -0.4 is 10.1 Å². The number of carbonyl (C=O) groups excluding carboxylic acids is 2. The number of imide groups is 1. The number of nitrogens with one attached hydrogen (secondary N) is 2. The Hall–Kier alpha value is -3.58. The molecule has 0 spiro atoms. The van der Waals surface area contributed by atoms with E-state index in [2.05, 4.69) is 16.9 Å². The fraction of sp³-hybridized carbons (Fsp3) is 0.333. The zero-order chi connectivity index (χ0) is 23.9. The van der Waals surface area contributed by atoms with Gasteiger partial charge in [0.1, 0.15) is 17.3 Å². The van der Waals surface area contributed by atoms with Crippen LogP contribution in [0, 0.1) is 0 Å². The number of carbonyl (C=O) groups is 2. The van der Waals surface area contributed by atoms with Gasteiger partial charge in [-0.2, -0.15) is 0 Å². The molecule has 1 aromatic heterocycles. The van der Waals surface area contributed by atoms with E-state index in [9.17, 15) is 9.59 Å². The second-order valence-electron chi connectivity index (χ2n) is 9.13. The summed E-state index contributed by atoms with van der Waals surface area (Å²) in [5, 5.41) is 4.31. The van der Waals surface area contributed by atoms with Crippen LogP contribution >= 0.6 is 0 Å². The highest BCUT2D eigenvalue weighted by molar-refractivity contribution is 6.08. The van der Waals surface area contributed by atoms with E-state index >= 15 is 0 Å². The average Bonchev–Trinajstić information content (AvgIpc) is 3.30. The van der Waals surface area contributed by atoms with Crippen LogP contribution in [-0.4, -0.2) is 59.0 Å². The van der Waals surface area contributed by atoms with Crippen LogP contribution in [-0.2, 0) is 11.2 Å². The highest BCUT2D eigenvalue weighted by atomic mass is 16.5. The lowest BCUT2D eigenvalue weighted by molar-refractivity contribution is -0.133. The lowest BCUT2D eigenvalue weighted by Gasteiger charge is -2.42. The third-order valence-corrected chi connectivity index (χ3v) is 7.03. The third kappa shape index (κ3) is 3.39. The smallest absolute Gasteiger partial charge is 0.328 e. The fourth-order valence-corrected chi connectivity index (χ4v) is 5.32. The van der Waals surface area contributed by atoms with Crippen molar-refractivity contribution >= 4 is 22.8 Å². The van der Waals surface area contributed by atoms with Gasteiger partial charge in [-0.1, -0.05) is 36.4 Å². The number of rotatable bonds is 8. The lowest BCUT2D eigenvalue weighted by Crippen LogP contribution is -2.53. The maximum Gasteiger partial charge on any atom is 0.328 e. The first kappa shape index (κ1) is 22.2. The summed E-state index contributed by atoms with van der Waals surface area (Å²) in [5.41, 5.74) is 3.00. The molecule has 2 atom stereocenters. The molecule has 7 nitrogen and oxygen atoms in total. The Labute approximate surface area is 199 Å². The summed E-state index contributed by atoms with van der Waals surface area (Å²) in [6.45, 7) is 7.29. The molecule has 0 saturated carbocycles. The average molecular weight is 459 g/mol. The minimum absolute atomic E-state index is 0.146. The molecule has 0 unspecified atom stereocenters. The molecular formula is C27H30N4O3. The highest BCUT2D eigenvalue weighted by Crippen LogP contribution is 2.48. The minimum atomic E-state index is -0.968. The molecule has 7 heteroatoms. The minimum Gasteiger partial charge on any atom is -0.497 e. The number of H-pyrrole nitrogens is 1. The Kier molecular flexibility index (Phi) is 5.65. The molecule has 0 bridgehead atoms. The van der Waals surface area contributed by atoms with E-state index in [1.54, 1.807) is 12.0 Å². The Morgan fingerprint density at radius 3 is 2.74 bits per heavy atom. The molecule has 176 valence electrons. The maximum atomic E-state index is 13.7. The number of nitrogens with zero attached hydrogens (tertiary/aromatic N) is 2. The molecule has 0 radical (unpaired) electrons. The molecule has 3 aromatic rings. The van der Waals surface area contributed by atoms with Gasteiger partial charge < -0.3 is 15.0 Å². The summed E-state index contributed by atoms with van der Waals surface area (Å²) in [6, 6.07) is 15.2. The first-order valence-corrected chi connectivity index (χ1v) is 11.7. The van der Waals surface area contributed by atoms with Crippen molar-refractivity contribution in [2.24, 2.45) is 0 Å². The van der Waals surface area contributed by atoms with Gasteiger partial charge in [0.2, 0.25) is 0 Å². The summed E-state index contributed by atoms with van der Waals surface area (Å²) in [5.74, 6) is 0.617. The van der Waals surface area contributed by atoms with Crippen molar-refractivity contribution in [2.45, 2.75) is 31.3 Å². The van der Waals surface area contributed by atoms with Crippen molar-refractivity contribution in [3.63, 3.8) is 0 Å². The maximum absolute atomic E-state index is 13.7. The predicted octanol–water partition coefficient (Wildman–Crippen LogP) is 4.01. The fourth-order valence-electron chi connectivity index (χ4n) is 5.32. The van der Waals surface area contributed by atoms with Crippen molar-refractivity contribution in [1.29, 1.82) is 0 Å². The van der Waals surface area contributed by atoms with Crippen molar-refractivity contribution < 1.29 is 14.3 Å². The lowest BCUT2D eigenvalue weighted by atomic mass is 9.81. The molecule has 2 N–H and O–H groups in total. The van der Waals surface area contributed by atoms with Gasteiger partial charge in [-0.05, 0) is 49.2 Å². The van der Waals surface area contributed by atoms with Crippen LogP contribution in [0.15, 0.2) is 61.2 Å². The number of amides is 3. The summed E-state index contributed by atoms with van der Waals surface area (Å²) in [6.07, 6.45) is 3.13. The summed E-state index contributed by atoms with van der Waals surface area (Å²) in [7, 11) is 1.65. The Morgan fingerprint density at radius 1 is 1.21 bits per heavy atom. The topological polar surface area (TPSA) is 77.7 Å².